The Morgan fingerprint density at radius 1 is 1.50 bits per heavy atom. The largest absolute Gasteiger partial charge is 0.478 e. The monoisotopic (exact) mass is 240 g/mol. The van der Waals surface area contributed by atoms with Crippen molar-refractivity contribution >= 4 is 23.6 Å². The maximum absolute atomic E-state index is 11.0. The number of carboxylic acids is 1. The predicted octanol–water partition coefficient (Wildman–Crippen LogP) is 0.974. The number of carboxylic acid groups (broad SMARTS) is 1. The summed E-state index contributed by atoms with van der Waals surface area (Å²) in [6.45, 7) is 3.47. The van der Waals surface area contributed by atoms with E-state index in [2.05, 4.69) is 4.98 Å². The second kappa shape index (κ2) is 4.98. The van der Waals surface area contributed by atoms with Crippen molar-refractivity contribution in [2.75, 3.05) is 5.75 Å². The highest BCUT2D eigenvalue weighted by Crippen LogP contribution is 2.23. The zero-order chi connectivity index (χ0) is 12.3. The summed E-state index contributed by atoms with van der Waals surface area (Å²) in [5, 5.41) is 9.37. The van der Waals surface area contributed by atoms with Crippen molar-refractivity contribution in [1.29, 1.82) is 0 Å². The van der Waals surface area contributed by atoms with Crippen LogP contribution in [0, 0.1) is 13.8 Å². The minimum atomic E-state index is -1.04. The molecule has 1 aromatic rings. The first-order valence-corrected chi connectivity index (χ1v) is 5.53. The molecule has 0 aliphatic rings. The van der Waals surface area contributed by atoms with Crippen molar-refractivity contribution in [2.24, 2.45) is 5.73 Å². The number of carbonyl (C=O) groups excluding carboxylic acids is 1. The van der Waals surface area contributed by atoms with Crippen LogP contribution >= 0.6 is 11.8 Å². The van der Waals surface area contributed by atoms with Gasteiger partial charge in [0.25, 0.3) is 0 Å². The van der Waals surface area contributed by atoms with Crippen LogP contribution in [0.15, 0.2) is 11.1 Å². The van der Waals surface area contributed by atoms with E-state index >= 15 is 0 Å². The molecule has 6 heteroatoms. The number of aromatic carboxylic acids is 1. The van der Waals surface area contributed by atoms with Gasteiger partial charge in [0, 0.05) is 5.69 Å². The Kier molecular flexibility index (Phi) is 3.89. The Labute approximate surface area is 97.1 Å². The van der Waals surface area contributed by atoms with Crippen molar-refractivity contribution in [2.45, 2.75) is 18.9 Å². The number of aryl methyl sites for hydroxylation is 2. The van der Waals surface area contributed by atoms with Crippen LogP contribution in [0.4, 0.5) is 0 Å². The molecule has 5 nitrogen and oxygen atoms in total. The van der Waals surface area contributed by atoms with E-state index in [1.807, 2.05) is 0 Å². The van der Waals surface area contributed by atoms with Crippen LogP contribution in [-0.2, 0) is 4.79 Å². The number of nitrogens with two attached hydrogens (primary N) is 1. The highest BCUT2D eigenvalue weighted by molar-refractivity contribution is 8.00. The highest BCUT2D eigenvalue weighted by atomic mass is 32.2. The Morgan fingerprint density at radius 3 is 2.62 bits per heavy atom. The molecule has 0 fully saturated rings. The number of primary amides is 1. The van der Waals surface area contributed by atoms with Gasteiger partial charge in [-0.1, -0.05) is 11.8 Å². The SMILES string of the molecule is Cc1cc(C)c(C(=O)O)c(SCC(N)=O)n1. The topological polar surface area (TPSA) is 93.3 Å². The van der Waals surface area contributed by atoms with Gasteiger partial charge < -0.3 is 10.8 Å². The summed E-state index contributed by atoms with van der Waals surface area (Å²) in [5.41, 5.74) is 6.49. The van der Waals surface area contributed by atoms with Crippen LogP contribution in [-0.4, -0.2) is 27.7 Å². The van der Waals surface area contributed by atoms with E-state index in [1.54, 1.807) is 19.9 Å². The van der Waals surface area contributed by atoms with Crippen molar-refractivity contribution in [3.8, 4) is 0 Å². The Balaban J connectivity index is 3.13. The van der Waals surface area contributed by atoms with Crippen molar-refractivity contribution in [3.05, 3.63) is 22.9 Å². The van der Waals surface area contributed by atoms with Crippen LogP contribution in [0.5, 0.6) is 0 Å². The minimum absolute atomic E-state index is 0.0240. The Bertz CT molecular complexity index is 446. The molecule has 1 amide bonds. The lowest BCUT2D eigenvalue weighted by molar-refractivity contribution is -0.115. The van der Waals surface area contributed by atoms with E-state index in [0.717, 1.165) is 17.5 Å². The normalized spacial score (nSPS) is 10.1. The molecule has 0 saturated heterocycles. The van der Waals surface area contributed by atoms with Gasteiger partial charge in [-0.2, -0.15) is 0 Å². The first kappa shape index (κ1) is 12.5. The molecule has 0 saturated carbocycles. The van der Waals surface area contributed by atoms with Gasteiger partial charge in [0.05, 0.1) is 11.3 Å². The highest BCUT2D eigenvalue weighted by Gasteiger charge is 2.16. The molecule has 0 aliphatic carbocycles. The molecule has 0 unspecified atom stereocenters. The van der Waals surface area contributed by atoms with E-state index in [1.165, 1.54) is 0 Å². The maximum Gasteiger partial charge on any atom is 0.338 e. The summed E-state index contributed by atoms with van der Waals surface area (Å²) in [5.74, 6) is -1.52. The number of amides is 1. The minimum Gasteiger partial charge on any atom is -0.478 e. The van der Waals surface area contributed by atoms with Crippen LogP contribution in [0.3, 0.4) is 0 Å². The lowest BCUT2D eigenvalue weighted by atomic mass is 10.1. The molecule has 0 radical (unpaired) electrons. The lowest BCUT2D eigenvalue weighted by Crippen LogP contribution is -2.14. The molecule has 0 spiro atoms. The van der Waals surface area contributed by atoms with Gasteiger partial charge in [0.2, 0.25) is 5.91 Å². The third kappa shape index (κ3) is 2.96. The lowest BCUT2D eigenvalue weighted by Gasteiger charge is -2.08. The van der Waals surface area contributed by atoms with Gasteiger partial charge in [-0.15, -0.1) is 0 Å². The second-order valence-electron chi connectivity index (χ2n) is 3.32. The third-order valence-corrected chi connectivity index (χ3v) is 2.87. The van der Waals surface area contributed by atoms with Crippen LogP contribution in [0.2, 0.25) is 0 Å². The number of hydrogen-bond donors (Lipinski definition) is 2. The standard InChI is InChI=1S/C10H12N2O3S/c1-5-3-6(2)12-9(8(5)10(14)15)16-4-7(11)13/h3H,4H2,1-2H3,(H2,11,13)(H,14,15). The van der Waals surface area contributed by atoms with Gasteiger partial charge in [0.1, 0.15) is 5.03 Å². The maximum atomic E-state index is 11.0. The average Bonchev–Trinajstić information content (AvgIpc) is 2.12. The van der Waals surface area contributed by atoms with Gasteiger partial charge in [-0.05, 0) is 25.5 Å². The molecule has 0 atom stereocenters. The van der Waals surface area contributed by atoms with E-state index in [9.17, 15) is 9.59 Å². The molecule has 3 N–H and O–H groups in total. The number of rotatable bonds is 4. The summed E-state index contributed by atoms with van der Waals surface area (Å²) in [6.07, 6.45) is 0. The second-order valence-corrected chi connectivity index (χ2v) is 4.28. The fourth-order valence-electron chi connectivity index (χ4n) is 1.31. The van der Waals surface area contributed by atoms with E-state index in [-0.39, 0.29) is 11.3 Å². The number of carbonyl (C=O) groups is 2. The number of pyridine rings is 1. The number of hydrogen-bond acceptors (Lipinski definition) is 4. The van der Waals surface area contributed by atoms with Crippen LogP contribution in [0.1, 0.15) is 21.6 Å². The quantitative estimate of drug-likeness (QED) is 0.765. The van der Waals surface area contributed by atoms with Crippen LogP contribution < -0.4 is 5.73 Å². The van der Waals surface area contributed by atoms with Gasteiger partial charge in [-0.25, -0.2) is 9.78 Å². The van der Waals surface area contributed by atoms with Gasteiger partial charge in [-0.3, -0.25) is 4.79 Å². The molecule has 1 rings (SSSR count). The molecule has 0 bridgehead atoms. The van der Waals surface area contributed by atoms with E-state index in [4.69, 9.17) is 10.8 Å². The zero-order valence-electron chi connectivity index (χ0n) is 8.98. The molecule has 0 aromatic carbocycles. The first-order valence-electron chi connectivity index (χ1n) is 4.54. The van der Waals surface area contributed by atoms with Crippen molar-refractivity contribution in [1.82, 2.24) is 4.98 Å². The summed E-state index contributed by atoms with van der Waals surface area (Å²) >= 11 is 1.05. The van der Waals surface area contributed by atoms with E-state index in [0.29, 0.717) is 10.6 Å². The van der Waals surface area contributed by atoms with Gasteiger partial charge in [0.15, 0.2) is 0 Å². The Hall–Kier alpha value is -1.56. The summed E-state index contributed by atoms with van der Waals surface area (Å²) < 4.78 is 0. The predicted molar refractivity (Wildman–Crippen MR) is 60.6 cm³/mol. The third-order valence-electron chi connectivity index (χ3n) is 1.88. The Morgan fingerprint density at radius 2 is 2.12 bits per heavy atom. The molecule has 1 aromatic heterocycles. The summed E-state index contributed by atoms with van der Waals surface area (Å²) in [6, 6.07) is 1.69. The average molecular weight is 240 g/mol. The van der Waals surface area contributed by atoms with Crippen molar-refractivity contribution in [3.63, 3.8) is 0 Å². The number of nitrogens with zero attached hydrogens (tertiary/aromatic N) is 1. The number of thioether (sulfide) groups is 1. The van der Waals surface area contributed by atoms with E-state index < -0.39 is 11.9 Å². The molecule has 0 aliphatic heterocycles. The van der Waals surface area contributed by atoms with Crippen LogP contribution in [0.25, 0.3) is 0 Å². The molecule has 16 heavy (non-hydrogen) atoms. The molecule has 1 heterocycles. The van der Waals surface area contributed by atoms with Gasteiger partial charge >= 0.3 is 5.97 Å². The first-order chi connectivity index (χ1) is 7.41. The zero-order valence-corrected chi connectivity index (χ0v) is 9.80. The fourth-order valence-corrected chi connectivity index (χ4v) is 2.19. The molecular weight excluding hydrogens is 228 g/mol. The smallest absolute Gasteiger partial charge is 0.338 e. The van der Waals surface area contributed by atoms with Crippen molar-refractivity contribution < 1.29 is 14.7 Å². The fraction of sp³-hybridized carbons (Fsp3) is 0.300. The molecular formula is C10H12N2O3S. The number of aromatic nitrogens is 1. The summed E-state index contributed by atoms with van der Waals surface area (Å²) in [4.78, 5) is 25.8. The summed E-state index contributed by atoms with van der Waals surface area (Å²) in [7, 11) is 0. The molecule has 86 valence electrons.